The molecule has 15 heavy (non-hydrogen) atoms. The molecule has 2 rings (SSSR count). The molecule has 0 saturated carbocycles. The van der Waals surface area contributed by atoms with E-state index in [-0.39, 0.29) is 6.04 Å². The first-order valence-corrected chi connectivity index (χ1v) is 5.26. The number of rotatable bonds is 3. The van der Waals surface area contributed by atoms with Crippen molar-refractivity contribution in [2.24, 2.45) is 12.9 Å². The van der Waals surface area contributed by atoms with E-state index in [4.69, 9.17) is 17.4 Å². The van der Waals surface area contributed by atoms with Gasteiger partial charge in [-0.3, -0.25) is 10.5 Å². The van der Waals surface area contributed by atoms with Crippen molar-refractivity contribution in [2.75, 3.05) is 0 Å². The van der Waals surface area contributed by atoms with E-state index in [1.165, 1.54) is 0 Å². The van der Waals surface area contributed by atoms with E-state index in [9.17, 15) is 0 Å². The molecule has 8 heteroatoms. The molecule has 0 fully saturated rings. The maximum Gasteiger partial charge on any atom is 0.109 e. The lowest BCUT2D eigenvalue weighted by Crippen LogP contribution is -2.30. The van der Waals surface area contributed by atoms with E-state index in [0.29, 0.717) is 5.02 Å². The van der Waals surface area contributed by atoms with Gasteiger partial charge < -0.3 is 0 Å². The van der Waals surface area contributed by atoms with Gasteiger partial charge >= 0.3 is 0 Å². The highest BCUT2D eigenvalue weighted by Gasteiger charge is 2.21. The highest BCUT2D eigenvalue weighted by molar-refractivity contribution is 6.99. The van der Waals surface area contributed by atoms with Gasteiger partial charge in [0.25, 0.3) is 0 Å². The molecule has 3 N–H and O–H groups in total. The molecule has 0 aromatic carbocycles. The van der Waals surface area contributed by atoms with E-state index >= 15 is 0 Å². The summed E-state index contributed by atoms with van der Waals surface area (Å²) < 4.78 is 9.70. The van der Waals surface area contributed by atoms with Crippen LogP contribution < -0.4 is 11.3 Å². The molecule has 0 aliphatic carbocycles. The maximum absolute atomic E-state index is 6.01. The van der Waals surface area contributed by atoms with E-state index in [1.54, 1.807) is 24.1 Å². The zero-order valence-corrected chi connectivity index (χ0v) is 9.46. The number of nitrogens with two attached hydrogens (primary N) is 1. The topological polar surface area (TPSA) is 81.7 Å². The molecule has 2 heterocycles. The van der Waals surface area contributed by atoms with Crippen molar-refractivity contribution in [3.05, 3.63) is 28.8 Å². The minimum absolute atomic E-state index is 0.288. The van der Waals surface area contributed by atoms with Crippen LogP contribution in [0, 0.1) is 0 Å². The average molecular weight is 245 g/mol. The molecule has 0 aliphatic heterocycles. The van der Waals surface area contributed by atoms with Gasteiger partial charge in [0.2, 0.25) is 0 Å². The molecule has 0 radical (unpaired) electrons. The van der Waals surface area contributed by atoms with Crippen LogP contribution in [0.25, 0.3) is 0 Å². The molecular weight excluding hydrogens is 236 g/mol. The summed E-state index contributed by atoms with van der Waals surface area (Å²) in [5.74, 6) is 5.48. The fourth-order valence-corrected chi connectivity index (χ4v) is 2.07. The van der Waals surface area contributed by atoms with Crippen molar-refractivity contribution in [1.29, 1.82) is 0 Å². The first kappa shape index (κ1) is 10.5. The largest absolute Gasteiger partial charge is 0.270 e. The van der Waals surface area contributed by atoms with Crippen LogP contribution in [0.2, 0.25) is 5.02 Å². The molecule has 0 aliphatic rings. The molecule has 0 amide bonds. The van der Waals surface area contributed by atoms with E-state index < -0.39 is 0 Å². The summed E-state index contributed by atoms with van der Waals surface area (Å²) in [5, 5.41) is 4.59. The standard InChI is InChI=1S/C7H9ClN6S/c1-14-7(4(8)2-10-14)6(12-9)5-3-11-15-13-5/h2-3,6,12H,9H2,1H3. The van der Waals surface area contributed by atoms with Gasteiger partial charge in [-0.2, -0.15) is 13.8 Å². The highest BCUT2D eigenvalue weighted by Crippen LogP contribution is 2.25. The Morgan fingerprint density at radius 3 is 2.87 bits per heavy atom. The second-order valence-corrected chi connectivity index (χ2v) is 3.90. The Balaban J connectivity index is 2.44. The number of halogens is 1. The normalized spacial score (nSPS) is 13.0. The van der Waals surface area contributed by atoms with Crippen molar-refractivity contribution in [3.63, 3.8) is 0 Å². The number of aryl methyl sites for hydroxylation is 1. The van der Waals surface area contributed by atoms with Crippen LogP contribution in [0.4, 0.5) is 0 Å². The van der Waals surface area contributed by atoms with Crippen LogP contribution in [0.1, 0.15) is 17.4 Å². The third-order valence-corrected chi connectivity index (χ3v) is 2.84. The second kappa shape index (κ2) is 4.23. The van der Waals surface area contributed by atoms with Crippen LogP contribution in [-0.4, -0.2) is 18.5 Å². The number of aromatic nitrogens is 4. The summed E-state index contributed by atoms with van der Waals surface area (Å²) in [5.41, 5.74) is 4.15. The summed E-state index contributed by atoms with van der Waals surface area (Å²) in [7, 11) is 1.80. The SMILES string of the molecule is Cn1ncc(Cl)c1C(NN)c1cnsn1. The Hall–Kier alpha value is -1.02. The van der Waals surface area contributed by atoms with E-state index in [2.05, 4.69) is 19.3 Å². The van der Waals surface area contributed by atoms with Gasteiger partial charge in [0, 0.05) is 7.05 Å². The van der Waals surface area contributed by atoms with Crippen LogP contribution in [-0.2, 0) is 7.05 Å². The molecule has 2 aromatic heterocycles. The van der Waals surface area contributed by atoms with Gasteiger partial charge in [-0.15, -0.1) is 0 Å². The minimum atomic E-state index is -0.288. The third kappa shape index (κ3) is 1.86. The predicted molar refractivity (Wildman–Crippen MR) is 57.3 cm³/mol. The highest BCUT2D eigenvalue weighted by atomic mass is 35.5. The quantitative estimate of drug-likeness (QED) is 0.606. The Morgan fingerprint density at radius 2 is 2.40 bits per heavy atom. The molecule has 2 aromatic rings. The number of nitrogens with zero attached hydrogens (tertiary/aromatic N) is 4. The van der Waals surface area contributed by atoms with Crippen molar-refractivity contribution in [1.82, 2.24) is 24.0 Å². The third-order valence-electron chi connectivity index (χ3n) is 2.05. The lowest BCUT2D eigenvalue weighted by molar-refractivity contribution is 0.567. The Morgan fingerprint density at radius 1 is 1.60 bits per heavy atom. The van der Waals surface area contributed by atoms with Gasteiger partial charge in [0.15, 0.2) is 0 Å². The van der Waals surface area contributed by atoms with Gasteiger partial charge in [-0.05, 0) is 0 Å². The summed E-state index contributed by atoms with van der Waals surface area (Å²) >= 11 is 7.14. The molecule has 1 unspecified atom stereocenters. The van der Waals surface area contributed by atoms with Crippen LogP contribution >= 0.6 is 23.3 Å². The number of hydrogen-bond acceptors (Lipinski definition) is 6. The second-order valence-electron chi connectivity index (χ2n) is 2.93. The lowest BCUT2D eigenvalue weighted by Gasteiger charge is -2.13. The van der Waals surface area contributed by atoms with Gasteiger partial charge in [-0.1, -0.05) is 11.6 Å². The Labute approximate surface area is 95.4 Å². The van der Waals surface area contributed by atoms with Crippen molar-refractivity contribution in [3.8, 4) is 0 Å². The van der Waals surface area contributed by atoms with Crippen LogP contribution in [0.3, 0.4) is 0 Å². The smallest absolute Gasteiger partial charge is 0.109 e. The van der Waals surface area contributed by atoms with Crippen molar-refractivity contribution in [2.45, 2.75) is 6.04 Å². The zero-order chi connectivity index (χ0) is 10.8. The van der Waals surface area contributed by atoms with Crippen LogP contribution in [0.15, 0.2) is 12.4 Å². The fourth-order valence-electron chi connectivity index (χ4n) is 1.35. The van der Waals surface area contributed by atoms with Gasteiger partial charge in [-0.25, -0.2) is 5.43 Å². The number of hydrogen-bond donors (Lipinski definition) is 2. The molecule has 0 bridgehead atoms. The van der Waals surface area contributed by atoms with E-state index in [1.807, 2.05) is 0 Å². The molecule has 80 valence electrons. The van der Waals surface area contributed by atoms with Crippen molar-refractivity contribution < 1.29 is 0 Å². The Kier molecular flexibility index (Phi) is 2.96. The fraction of sp³-hybridized carbons (Fsp3) is 0.286. The average Bonchev–Trinajstić information content (AvgIpc) is 2.83. The summed E-state index contributed by atoms with van der Waals surface area (Å²) in [6.45, 7) is 0. The summed E-state index contributed by atoms with van der Waals surface area (Å²) in [4.78, 5) is 0. The predicted octanol–water partition coefficient (Wildman–Crippen LogP) is 0.478. The molecule has 1 atom stereocenters. The zero-order valence-electron chi connectivity index (χ0n) is 7.88. The molecule has 0 spiro atoms. The Bertz CT molecular complexity index is 419. The first-order valence-electron chi connectivity index (χ1n) is 4.15. The first-order chi connectivity index (χ1) is 7.24. The molecular formula is C7H9ClN6S. The number of nitrogens with one attached hydrogen (secondary N) is 1. The monoisotopic (exact) mass is 244 g/mol. The molecule has 0 saturated heterocycles. The summed E-state index contributed by atoms with van der Waals surface area (Å²) in [6, 6.07) is -0.288. The maximum atomic E-state index is 6.01. The van der Waals surface area contributed by atoms with Crippen LogP contribution in [0.5, 0.6) is 0 Å². The summed E-state index contributed by atoms with van der Waals surface area (Å²) in [6.07, 6.45) is 3.22. The minimum Gasteiger partial charge on any atom is -0.270 e. The van der Waals surface area contributed by atoms with E-state index in [0.717, 1.165) is 23.1 Å². The van der Waals surface area contributed by atoms with Gasteiger partial charge in [0.05, 0.1) is 40.5 Å². The number of hydrazine groups is 1. The lowest BCUT2D eigenvalue weighted by atomic mass is 10.1. The van der Waals surface area contributed by atoms with Gasteiger partial charge in [0.1, 0.15) is 6.04 Å². The van der Waals surface area contributed by atoms with Crippen molar-refractivity contribution >= 4 is 23.3 Å². The molecule has 6 nitrogen and oxygen atoms in total.